The summed E-state index contributed by atoms with van der Waals surface area (Å²) in [4.78, 5) is 7.50. The first-order valence-corrected chi connectivity index (χ1v) is 6.98. The zero-order chi connectivity index (χ0) is 12.5. The third-order valence-corrected chi connectivity index (χ3v) is 4.87. The summed E-state index contributed by atoms with van der Waals surface area (Å²) in [5.74, 6) is 0.565. The van der Waals surface area contributed by atoms with Crippen molar-refractivity contribution in [2.45, 2.75) is 24.2 Å². The minimum absolute atomic E-state index is 0.0746. The molecule has 0 unspecified atom stereocenters. The summed E-state index contributed by atoms with van der Waals surface area (Å²) in [6.07, 6.45) is 5.91. The predicted molar refractivity (Wildman–Crippen MR) is 63.6 cm³/mol. The summed E-state index contributed by atoms with van der Waals surface area (Å²) in [6.45, 7) is 0.562. The van der Waals surface area contributed by atoms with Crippen LogP contribution >= 0.6 is 0 Å². The molecule has 94 valence electrons. The number of sulfonamides is 1. The highest BCUT2D eigenvalue weighted by atomic mass is 32.2. The second-order valence-electron chi connectivity index (χ2n) is 4.36. The molecule has 2 rings (SSSR count). The number of anilines is 1. The predicted octanol–water partition coefficient (Wildman–Crippen LogP) is 0.479. The molecule has 0 saturated heterocycles. The molecule has 1 saturated carbocycles. The van der Waals surface area contributed by atoms with Crippen LogP contribution in [0.1, 0.15) is 19.3 Å². The number of nitrogen functional groups attached to an aromatic ring is 1. The van der Waals surface area contributed by atoms with Gasteiger partial charge < -0.3 is 5.73 Å². The zero-order valence-electron chi connectivity index (χ0n) is 9.70. The van der Waals surface area contributed by atoms with E-state index in [1.54, 1.807) is 7.05 Å². The van der Waals surface area contributed by atoms with Crippen LogP contribution in [-0.2, 0) is 10.0 Å². The van der Waals surface area contributed by atoms with E-state index in [-0.39, 0.29) is 10.8 Å². The monoisotopic (exact) mass is 256 g/mol. The molecule has 7 heteroatoms. The molecular formula is C10H16N4O2S. The summed E-state index contributed by atoms with van der Waals surface area (Å²) in [5, 5.41) is 0. The second kappa shape index (κ2) is 4.58. The van der Waals surface area contributed by atoms with Crippen molar-refractivity contribution < 1.29 is 8.42 Å². The molecule has 17 heavy (non-hydrogen) atoms. The summed E-state index contributed by atoms with van der Waals surface area (Å²) >= 11 is 0. The topological polar surface area (TPSA) is 89.2 Å². The van der Waals surface area contributed by atoms with Gasteiger partial charge in [0.1, 0.15) is 4.90 Å². The van der Waals surface area contributed by atoms with Crippen LogP contribution < -0.4 is 5.73 Å². The van der Waals surface area contributed by atoms with E-state index in [2.05, 4.69) is 9.97 Å². The van der Waals surface area contributed by atoms with E-state index in [0.717, 1.165) is 12.8 Å². The molecule has 1 fully saturated rings. The maximum Gasteiger partial charge on any atom is 0.245 e. The number of nitrogens with two attached hydrogens (primary N) is 1. The SMILES string of the molecule is CN(CC1CCC1)S(=O)(=O)c1cnc(N)nc1. The van der Waals surface area contributed by atoms with Crippen LogP contribution in [0.15, 0.2) is 17.3 Å². The molecule has 0 aliphatic heterocycles. The van der Waals surface area contributed by atoms with Crippen molar-refractivity contribution in [3.8, 4) is 0 Å². The van der Waals surface area contributed by atoms with Crippen LogP contribution in [0.3, 0.4) is 0 Å². The maximum absolute atomic E-state index is 12.1. The average Bonchev–Trinajstić information content (AvgIpc) is 2.23. The van der Waals surface area contributed by atoms with Gasteiger partial charge in [-0.3, -0.25) is 0 Å². The van der Waals surface area contributed by atoms with E-state index in [1.165, 1.54) is 23.1 Å². The molecule has 0 radical (unpaired) electrons. The normalized spacial score (nSPS) is 17.1. The fraction of sp³-hybridized carbons (Fsp3) is 0.600. The largest absolute Gasteiger partial charge is 0.368 e. The molecule has 0 amide bonds. The summed E-state index contributed by atoms with van der Waals surface area (Å²) in [7, 11) is -1.89. The van der Waals surface area contributed by atoms with Crippen molar-refractivity contribution in [1.29, 1.82) is 0 Å². The van der Waals surface area contributed by atoms with E-state index < -0.39 is 10.0 Å². The van der Waals surface area contributed by atoms with Crippen molar-refractivity contribution >= 4 is 16.0 Å². The minimum atomic E-state index is -3.47. The van der Waals surface area contributed by atoms with Crippen molar-refractivity contribution in [3.63, 3.8) is 0 Å². The van der Waals surface area contributed by atoms with Crippen LogP contribution in [0, 0.1) is 5.92 Å². The highest BCUT2D eigenvalue weighted by Crippen LogP contribution is 2.28. The van der Waals surface area contributed by atoms with Gasteiger partial charge in [-0.15, -0.1) is 0 Å². The van der Waals surface area contributed by atoms with Gasteiger partial charge in [-0.1, -0.05) is 6.42 Å². The molecule has 1 heterocycles. The molecule has 1 aromatic rings. The Morgan fingerprint density at radius 2 is 2.00 bits per heavy atom. The maximum atomic E-state index is 12.1. The summed E-state index contributed by atoms with van der Waals surface area (Å²) < 4.78 is 25.6. The first-order valence-electron chi connectivity index (χ1n) is 5.54. The number of hydrogen-bond acceptors (Lipinski definition) is 5. The molecule has 0 aromatic carbocycles. The van der Waals surface area contributed by atoms with Gasteiger partial charge in [-0.25, -0.2) is 22.7 Å². The third-order valence-electron chi connectivity index (χ3n) is 3.10. The van der Waals surface area contributed by atoms with Crippen LogP contribution in [0.5, 0.6) is 0 Å². The quantitative estimate of drug-likeness (QED) is 0.846. The number of rotatable bonds is 4. The van der Waals surface area contributed by atoms with Gasteiger partial charge in [0.15, 0.2) is 0 Å². The van der Waals surface area contributed by atoms with Crippen LogP contribution in [-0.4, -0.2) is 36.3 Å². The first-order chi connectivity index (χ1) is 8.00. The van der Waals surface area contributed by atoms with Crippen molar-refractivity contribution in [2.24, 2.45) is 5.92 Å². The second-order valence-corrected chi connectivity index (χ2v) is 6.40. The molecule has 0 bridgehead atoms. The fourth-order valence-electron chi connectivity index (χ4n) is 1.78. The van der Waals surface area contributed by atoms with Gasteiger partial charge in [0.2, 0.25) is 16.0 Å². The molecule has 0 atom stereocenters. The lowest BCUT2D eigenvalue weighted by molar-refractivity contribution is 0.263. The minimum Gasteiger partial charge on any atom is -0.368 e. The molecule has 1 aromatic heterocycles. The number of aromatic nitrogens is 2. The van der Waals surface area contributed by atoms with E-state index in [4.69, 9.17) is 5.73 Å². The molecule has 6 nitrogen and oxygen atoms in total. The molecule has 1 aliphatic carbocycles. The Bertz CT molecular complexity index is 482. The first kappa shape index (κ1) is 12.3. The van der Waals surface area contributed by atoms with E-state index in [1.807, 2.05) is 0 Å². The van der Waals surface area contributed by atoms with E-state index in [0.29, 0.717) is 12.5 Å². The van der Waals surface area contributed by atoms with Gasteiger partial charge in [-0.05, 0) is 18.8 Å². The Balaban J connectivity index is 2.13. The molecular weight excluding hydrogens is 240 g/mol. The van der Waals surface area contributed by atoms with Crippen molar-refractivity contribution in [1.82, 2.24) is 14.3 Å². The van der Waals surface area contributed by atoms with Gasteiger partial charge in [-0.2, -0.15) is 0 Å². The van der Waals surface area contributed by atoms with E-state index >= 15 is 0 Å². The van der Waals surface area contributed by atoms with Crippen LogP contribution in [0.4, 0.5) is 5.95 Å². The van der Waals surface area contributed by atoms with Gasteiger partial charge >= 0.3 is 0 Å². The smallest absolute Gasteiger partial charge is 0.245 e. The lowest BCUT2D eigenvalue weighted by Gasteiger charge is -2.29. The van der Waals surface area contributed by atoms with Gasteiger partial charge in [0.05, 0.1) is 12.4 Å². The molecule has 2 N–H and O–H groups in total. The number of hydrogen-bond donors (Lipinski definition) is 1. The fourth-order valence-corrected chi connectivity index (χ4v) is 2.92. The summed E-state index contributed by atoms with van der Waals surface area (Å²) in [6, 6.07) is 0. The zero-order valence-corrected chi connectivity index (χ0v) is 10.5. The van der Waals surface area contributed by atoms with Crippen molar-refractivity contribution in [2.75, 3.05) is 19.3 Å². The third kappa shape index (κ3) is 2.55. The highest BCUT2D eigenvalue weighted by Gasteiger charge is 2.27. The summed E-state index contributed by atoms with van der Waals surface area (Å²) in [5.41, 5.74) is 5.33. The Labute approximate surface area is 101 Å². The Hall–Kier alpha value is -1.21. The molecule has 0 spiro atoms. The Morgan fingerprint density at radius 3 is 2.47 bits per heavy atom. The number of nitrogens with zero attached hydrogens (tertiary/aromatic N) is 3. The van der Waals surface area contributed by atoms with Gasteiger partial charge in [0, 0.05) is 13.6 Å². The lowest BCUT2D eigenvalue weighted by atomic mass is 9.86. The Kier molecular flexibility index (Phi) is 3.30. The van der Waals surface area contributed by atoms with Crippen LogP contribution in [0.2, 0.25) is 0 Å². The van der Waals surface area contributed by atoms with Crippen molar-refractivity contribution in [3.05, 3.63) is 12.4 Å². The Morgan fingerprint density at radius 1 is 1.41 bits per heavy atom. The van der Waals surface area contributed by atoms with E-state index in [9.17, 15) is 8.42 Å². The molecule has 1 aliphatic rings. The van der Waals surface area contributed by atoms with Gasteiger partial charge in [0.25, 0.3) is 0 Å². The highest BCUT2D eigenvalue weighted by molar-refractivity contribution is 7.89. The average molecular weight is 256 g/mol. The van der Waals surface area contributed by atoms with Crippen LogP contribution in [0.25, 0.3) is 0 Å². The lowest BCUT2D eigenvalue weighted by Crippen LogP contribution is -2.34. The standard InChI is InChI=1S/C10H16N4O2S/c1-14(7-8-3-2-4-8)17(15,16)9-5-12-10(11)13-6-9/h5-6,8H,2-4,7H2,1H3,(H2,11,12,13).